The number of ether oxygens (including phenoxy) is 2. The minimum atomic E-state index is -0.242. The number of hydrogen-bond donors (Lipinski definition) is 1. The zero-order valence-corrected chi connectivity index (χ0v) is 9.32. The molecule has 1 aromatic carbocycles. The Hall–Kier alpha value is -1.71. The molecule has 0 saturated carbocycles. The highest BCUT2D eigenvalue weighted by Crippen LogP contribution is 2.40. The molecule has 4 heteroatoms. The van der Waals surface area contributed by atoms with Gasteiger partial charge in [0.1, 0.15) is 11.5 Å². The highest BCUT2D eigenvalue weighted by molar-refractivity contribution is 5.71. The van der Waals surface area contributed by atoms with Gasteiger partial charge in [0.15, 0.2) is 0 Å². The first-order valence-corrected chi connectivity index (χ1v) is 5.15. The summed E-state index contributed by atoms with van der Waals surface area (Å²) >= 11 is 0. The van der Waals surface area contributed by atoms with Crippen LogP contribution >= 0.6 is 0 Å². The van der Waals surface area contributed by atoms with Gasteiger partial charge in [0, 0.05) is 17.5 Å². The van der Waals surface area contributed by atoms with Gasteiger partial charge < -0.3 is 14.6 Å². The largest absolute Gasteiger partial charge is 0.508 e. The first-order valence-electron chi connectivity index (χ1n) is 5.15. The third-order valence-corrected chi connectivity index (χ3v) is 2.82. The minimum Gasteiger partial charge on any atom is -0.508 e. The average molecular weight is 222 g/mol. The molecule has 0 aliphatic carbocycles. The zero-order valence-electron chi connectivity index (χ0n) is 9.32. The SMILES string of the molecule is COC(=O)CC1COc2cc(O)cc(C)c21. The minimum absolute atomic E-state index is 0.0306. The molecule has 0 bridgehead atoms. The van der Waals surface area contributed by atoms with Gasteiger partial charge in [0.25, 0.3) is 0 Å². The van der Waals surface area contributed by atoms with Crippen LogP contribution in [0.3, 0.4) is 0 Å². The van der Waals surface area contributed by atoms with Gasteiger partial charge in [-0.1, -0.05) is 0 Å². The van der Waals surface area contributed by atoms with Gasteiger partial charge >= 0.3 is 5.97 Å². The summed E-state index contributed by atoms with van der Waals surface area (Å²) < 4.78 is 10.1. The van der Waals surface area contributed by atoms with Gasteiger partial charge in [-0.05, 0) is 18.6 Å². The molecule has 0 fully saturated rings. The van der Waals surface area contributed by atoms with Crippen molar-refractivity contribution in [2.45, 2.75) is 19.3 Å². The van der Waals surface area contributed by atoms with Crippen LogP contribution in [0.1, 0.15) is 23.5 Å². The molecule has 1 N–H and O–H groups in total. The van der Waals surface area contributed by atoms with Crippen molar-refractivity contribution >= 4 is 5.97 Å². The van der Waals surface area contributed by atoms with Crippen molar-refractivity contribution in [3.05, 3.63) is 23.3 Å². The Bertz CT molecular complexity index is 425. The summed E-state index contributed by atoms with van der Waals surface area (Å²) in [5.74, 6) is 0.651. The number of fused-ring (bicyclic) bond motifs is 1. The van der Waals surface area contributed by atoms with Gasteiger partial charge in [0.2, 0.25) is 0 Å². The maximum absolute atomic E-state index is 11.2. The third-order valence-electron chi connectivity index (χ3n) is 2.82. The summed E-state index contributed by atoms with van der Waals surface area (Å²) in [6.45, 7) is 2.37. The van der Waals surface area contributed by atoms with Crippen molar-refractivity contribution in [1.82, 2.24) is 0 Å². The van der Waals surface area contributed by atoms with Crippen molar-refractivity contribution in [2.75, 3.05) is 13.7 Å². The highest BCUT2D eigenvalue weighted by Gasteiger charge is 2.28. The van der Waals surface area contributed by atoms with Gasteiger partial charge in [-0.2, -0.15) is 0 Å². The summed E-state index contributed by atoms with van der Waals surface area (Å²) in [4.78, 5) is 11.2. The summed E-state index contributed by atoms with van der Waals surface area (Å²) in [5.41, 5.74) is 1.95. The van der Waals surface area contributed by atoms with E-state index >= 15 is 0 Å². The monoisotopic (exact) mass is 222 g/mol. The first-order chi connectivity index (χ1) is 7.61. The van der Waals surface area contributed by atoms with E-state index in [4.69, 9.17) is 4.74 Å². The first kappa shape index (κ1) is 10.8. The quantitative estimate of drug-likeness (QED) is 0.774. The van der Waals surface area contributed by atoms with E-state index in [-0.39, 0.29) is 17.6 Å². The predicted octanol–water partition coefficient (Wildman–Crippen LogP) is 1.74. The molecule has 0 amide bonds. The number of carbonyl (C=O) groups is 1. The smallest absolute Gasteiger partial charge is 0.306 e. The maximum Gasteiger partial charge on any atom is 0.306 e. The lowest BCUT2D eigenvalue weighted by Crippen LogP contribution is -2.10. The number of carbonyl (C=O) groups excluding carboxylic acids is 1. The van der Waals surface area contributed by atoms with E-state index in [1.807, 2.05) is 6.92 Å². The van der Waals surface area contributed by atoms with Crippen LogP contribution in [0.15, 0.2) is 12.1 Å². The molecule has 0 saturated heterocycles. The Kier molecular flexibility index (Phi) is 2.73. The zero-order chi connectivity index (χ0) is 11.7. The van der Waals surface area contributed by atoms with Gasteiger partial charge in [-0.3, -0.25) is 4.79 Å². The molecule has 1 aliphatic heterocycles. The van der Waals surface area contributed by atoms with Gasteiger partial charge in [-0.25, -0.2) is 0 Å². The van der Waals surface area contributed by atoms with E-state index in [0.29, 0.717) is 18.8 Å². The molecule has 2 rings (SSSR count). The number of aryl methyl sites for hydroxylation is 1. The van der Waals surface area contributed by atoms with E-state index in [1.165, 1.54) is 7.11 Å². The van der Waals surface area contributed by atoms with Crippen LogP contribution in [0.5, 0.6) is 11.5 Å². The fourth-order valence-electron chi connectivity index (χ4n) is 2.11. The van der Waals surface area contributed by atoms with Crippen LogP contribution in [0, 0.1) is 6.92 Å². The molecule has 86 valence electrons. The molecule has 16 heavy (non-hydrogen) atoms. The van der Waals surface area contributed by atoms with Crippen molar-refractivity contribution in [3.8, 4) is 11.5 Å². The van der Waals surface area contributed by atoms with Crippen LogP contribution in [0.25, 0.3) is 0 Å². The molecule has 1 heterocycles. The molecule has 0 spiro atoms. The van der Waals surface area contributed by atoms with Crippen LogP contribution in [-0.4, -0.2) is 24.8 Å². The van der Waals surface area contributed by atoms with E-state index in [0.717, 1.165) is 11.1 Å². The van der Waals surface area contributed by atoms with Crippen LogP contribution in [-0.2, 0) is 9.53 Å². The lowest BCUT2D eigenvalue weighted by Gasteiger charge is -2.09. The lowest BCUT2D eigenvalue weighted by atomic mass is 9.94. The van der Waals surface area contributed by atoms with Crippen LogP contribution in [0.2, 0.25) is 0 Å². The van der Waals surface area contributed by atoms with Gasteiger partial charge in [-0.15, -0.1) is 0 Å². The fourth-order valence-corrected chi connectivity index (χ4v) is 2.11. The summed E-state index contributed by atoms with van der Waals surface area (Å²) in [6, 6.07) is 3.26. The average Bonchev–Trinajstić information content (AvgIpc) is 2.61. The Morgan fingerprint density at radius 3 is 3.06 bits per heavy atom. The Morgan fingerprint density at radius 2 is 2.38 bits per heavy atom. The van der Waals surface area contributed by atoms with E-state index in [2.05, 4.69) is 4.74 Å². The second-order valence-electron chi connectivity index (χ2n) is 3.96. The molecule has 1 atom stereocenters. The second kappa shape index (κ2) is 4.04. The number of benzene rings is 1. The number of methoxy groups -OCH3 is 1. The third kappa shape index (κ3) is 1.83. The van der Waals surface area contributed by atoms with Crippen LogP contribution in [0.4, 0.5) is 0 Å². The number of phenolic OH excluding ortho intramolecular Hbond substituents is 1. The molecule has 0 aromatic heterocycles. The number of hydrogen-bond acceptors (Lipinski definition) is 4. The van der Waals surface area contributed by atoms with Crippen molar-refractivity contribution < 1.29 is 19.4 Å². The van der Waals surface area contributed by atoms with E-state index in [1.54, 1.807) is 12.1 Å². The normalized spacial score (nSPS) is 17.8. The highest BCUT2D eigenvalue weighted by atomic mass is 16.5. The Morgan fingerprint density at radius 1 is 1.62 bits per heavy atom. The standard InChI is InChI=1S/C12H14O4/c1-7-3-9(13)5-10-12(7)8(6-16-10)4-11(14)15-2/h3,5,8,13H,4,6H2,1-2H3. The second-order valence-corrected chi connectivity index (χ2v) is 3.96. The predicted molar refractivity (Wildman–Crippen MR) is 57.7 cm³/mol. The molecule has 4 nitrogen and oxygen atoms in total. The molecule has 1 aromatic rings. The molecular formula is C12H14O4. The maximum atomic E-state index is 11.2. The number of esters is 1. The van der Waals surface area contributed by atoms with E-state index in [9.17, 15) is 9.90 Å². The van der Waals surface area contributed by atoms with Crippen molar-refractivity contribution in [2.24, 2.45) is 0 Å². The number of phenols is 1. The topological polar surface area (TPSA) is 55.8 Å². The Balaban J connectivity index is 2.29. The van der Waals surface area contributed by atoms with E-state index < -0.39 is 0 Å². The number of rotatable bonds is 2. The molecule has 1 aliphatic rings. The fraction of sp³-hybridized carbons (Fsp3) is 0.417. The molecular weight excluding hydrogens is 208 g/mol. The molecule has 1 unspecified atom stereocenters. The summed E-state index contributed by atoms with van der Waals surface area (Å²) in [6.07, 6.45) is 0.315. The van der Waals surface area contributed by atoms with Crippen molar-refractivity contribution in [3.63, 3.8) is 0 Å². The summed E-state index contributed by atoms with van der Waals surface area (Å²) in [5, 5.41) is 9.42. The molecule has 0 radical (unpaired) electrons. The Labute approximate surface area is 93.8 Å². The number of aromatic hydroxyl groups is 1. The van der Waals surface area contributed by atoms with Crippen LogP contribution < -0.4 is 4.74 Å². The lowest BCUT2D eigenvalue weighted by molar-refractivity contribution is -0.141. The summed E-state index contributed by atoms with van der Waals surface area (Å²) in [7, 11) is 1.38. The van der Waals surface area contributed by atoms with Crippen molar-refractivity contribution in [1.29, 1.82) is 0 Å². The van der Waals surface area contributed by atoms with Gasteiger partial charge in [0.05, 0.1) is 20.1 Å².